The van der Waals surface area contributed by atoms with Crippen LogP contribution in [0.3, 0.4) is 0 Å². The van der Waals surface area contributed by atoms with Crippen molar-refractivity contribution in [3.05, 3.63) is 0 Å². The third kappa shape index (κ3) is 3.82. The molecule has 0 radical (unpaired) electrons. The first-order valence-electron chi connectivity index (χ1n) is 5.97. The van der Waals surface area contributed by atoms with E-state index in [4.69, 9.17) is 0 Å². The average Bonchev–Trinajstić information content (AvgIpc) is 3.00. The molecule has 3 nitrogen and oxygen atoms in total. The second-order valence-electron chi connectivity index (χ2n) is 5.10. The van der Waals surface area contributed by atoms with Crippen LogP contribution in [0.25, 0.3) is 0 Å². The van der Waals surface area contributed by atoms with E-state index in [1.54, 1.807) is 0 Å². The summed E-state index contributed by atoms with van der Waals surface area (Å²) in [5, 5.41) is 3.36. The molecule has 0 spiro atoms. The van der Waals surface area contributed by atoms with Gasteiger partial charge in [0, 0.05) is 31.6 Å². The monoisotopic (exact) mass is 212 g/mol. The van der Waals surface area contributed by atoms with Crippen molar-refractivity contribution in [1.29, 1.82) is 0 Å². The van der Waals surface area contributed by atoms with Gasteiger partial charge in [-0.3, -0.25) is 4.79 Å². The quantitative estimate of drug-likeness (QED) is 0.728. The number of carbonyl (C=O) groups is 1. The Labute approximate surface area is 93.2 Å². The SMILES string of the molecule is CCC(C)(C)N(C)C(=O)CCNC1CC1. The highest BCUT2D eigenvalue weighted by Gasteiger charge is 2.26. The Balaban J connectivity index is 2.24. The number of rotatable bonds is 6. The van der Waals surface area contributed by atoms with Gasteiger partial charge in [0.1, 0.15) is 0 Å². The maximum Gasteiger partial charge on any atom is 0.224 e. The van der Waals surface area contributed by atoms with Crippen LogP contribution in [0, 0.1) is 0 Å². The maximum absolute atomic E-state index is 11.8. The van der Waals surface area contributed by atoms with Crippen LogP contribution >= 0.6 is 0 Å². The van der Waals surface area contributed by atoms with Crippen molar-refractivity contribution in [2.45, 2.75) is 58.0 Å². The fourth-order valence-corrected chi connectivity index (χ4v) is 1.41. The number of carbonyl (C=O) groups excluding carboxylic acids is 1. The molecule has 1 amide bonds. The van der Waals surface area contributed by atoms with Crippen LogP contribution in [0.4, 0.5) is 0 Å². The van der Waals surface area contributed by atoms with Crippen molar-refractivity contribution >= 4 is 5.91 Å². The summed E-state index contributed by atoms with van der Waals surface area (Å²) in [5.41, 5.74) is -0.0172. The van der Waals surface area contributed by atoms with Crippen LogP contribution in [-0.4, -0.2) is 36.0 Å². The Morgan fingerprint density at radius 1 is 1.47 bits per heavy atom. The molecule has 0 atom stereocenters. The fraction of sp³-hybridized carbons (Fsp3) is 0.917. The normalized spacial score (nSPS) is 16.5. The highest BCUT2D eigenvalue weighted by atomic mass is 16.2. The smallest absolute Gasteiger partial charge is 0.224 e. The van der Waals surface area contributed by atoms with Gasteiger partial charge in [-0.2, -0.15) is 0 Å². The molecule has 1 aliphatic carbocycles. The van der Waals surface area contributed by atoms with E-state index in [1.807, 2.05) is 11.9 Å². The first-order chi connectivity index (χ1) is 6.97. The van der Waals surface area contributed by atoms with Gasteiger partial charge in [-0.1, -0.05) is 6.92 Å². The molecule has 0 aromatic heterocycles. The van der Waals surface area contributed by atoms with E-state index < -0.39 is 0 Å². The number of hydrogen-bond donors (Lipinski definition) is 1. The third-order valence-corrected chi connectivity index (χ3v) is 3.50. The highest BCUT2D eigenvalue weighted by molar-refractivity contribution is 5.76. The zero-order valence-corrected chi connectivity index (χ0v) is 10.5. The molecule has 1 saturated carbocycles. The number of nitrogens with one attached hydrogen (secondary N) is 1. The summed E-state index contributed by atoms with van der Waals surface area (Å²) in [7, 11) is 1.91. The lowest BCUT2D eigenvalue weighted by molar-refractivity contribution is -0.134. The van der Waals surface area contributed by atoms with Crippen LogP contribution in [-0.2, 0) is 4.79 Å². The molecular formula is C12H24N2O. The molecule has 0 aromatic rings. The summed E-state index contributed by atoms with van der Waals surface area (Å²) >= 11 is 0. The molecule has 1 rings (SSSR count). The van der Waals surface area contributed by atoms with Gasteiger partial charge in [0.15, 0.2) is 0 Å². The zero-order chi connectivity index (χ0) is 11.5. The predicted molar refractivity (Wildman–Crippen MR) is 62.8 cm³/mol. The summed E-state index contributed by atoms with van der Waals surface area (Å²) < 4.78 is 0. The van der Waals surface area contributed by atoms with Crippen LogP contribution in [0.15, 0.2) is 0 Å². The Kier molecular flexibility index (Phi) is 4.14. The maximum atomic E-state index is 11.8. The van der Waals surface area contributed by atoms with Gasteiger partial charge >= 0.3 is 0 Å². The van der Waals surface area contributed by atoms with Gasteiger partial charge in [0.25, 0.3) is 0 Å². The van der Waals surface area contributed by atoms with Crippen molar-refractivity contribution in [2.24, 2.45) is 0 Å². The van der Waals surface area contributed by atoms with Gasteiger partial charge in [0.2, 0.25) is 5.91 Å². The van der Waals surface area contributed by atoms with Gasteiger partial charge < -0.3 is 10.2 Å². The second-order valence-corrected chi connectivity index (χ2v) is 5.10. The Bertz CT molecular complexity index is 222. The van der Waals surface area contributed by atoms with E-state index in [1.165, 1.54) is 12.8 Å². The van der Waals surface area contributed by atoms with Crippen LogP contribution in [0.1, 0.15) is 46.5 Å². The van der Waals surface area contributed by atoms with Gasteiger partial charge in [-0.05, 0) is 33.1 Å². The summed E-state index contributed by atoms with van der Waals surface area (Å²) in [6.07, 6.45) is 4.18. The standard InChI is InChI=1S/C12H24N2O/c1-5-12(2,3)14(4)11(15)8-9-13-10-6-7-10/h10,13H,5-9H2,1-4H3. The number of hydrogen-bond acceptors (Lipinski definition) is 2. The second kappa shape index (κ2) is 4.97. The lowest BCUT2D eigenvalue weighted by atomic mass is 9.99. The first-order valence-corrected chi connectivity index (χ1v) is 5.97. The Morgan fingerprint density at radius 3 is 2.53 bits per heavy atom. The van der Waals surface area contributed by atoms with Crippen molar-refractivity contribution in [1.82, 2.24) is 10.2 Å². The van der Waals surface area contributed by atoms with E-state index >= 15 is 0 Å². The average molecular weight is 212 g/mol. The van der Waals surface area contributed by atoms with Crippen LogP contribution in [0.5, 0.6) is 0 Å². The molecule has 0 aliphatic heterocycles. The van der Waals surface area contributed by atoms with E-state index in [2.05, 4.69) is 26.1 Å². The molecule has 0 bridgehead atoms. The van der Waals surface area contributed by atoms with Crippen LogP contribution in [0.2, 0.25) is 0 Å². The third-order valence-electron chi connectivity index (χ3n) is 3.50. The number of nitrogens with zero attached hydrogens (tertiary/aromatic N) is 1. The molecule has 0 heterocycles. The van der Waals surface area contributed by atoms with Gasteiger partial charge in [-0.15, -0.1) is 0 Å². The predicted octanol–water partition coefficient (Wildman–Crippen LogP) is 1.78. The summed E-state index contributed by atoms with van der Waals surface area (Å²) in [4.78, 5) is 13.7. The summed E-state index contributed by atoms with van der Waals surface area (Å²) in [6.45, 7) is 7.16. The van der Waals surface area contributed by atoms with Gasteiger partial charge in [-0.25, -0.2) is 0 Å². The fourth-order valence-electron chi connectivity index (χ4n) is 1.41. The minimum absolute atomic E-state index is 0.0172. The van der Waals surface area contributed by atoms with E-state index in [-0.39, 0.29) is 11.4 Å². The Hall–Kier alpha value is -0.570. The highest BCUT2D eigenvalue weighted by Crippen LogP contribution is 2.19. The lowest BCUT2D eigenvalue weighted by Gasteiger charge is -2.35. The number of amides is 1. The van der Waals surface area contributed by atoms with E-state index in [0.717, 1.165) is 13.0 Å². The first kappa shape index (κ1) is 12.5. The lowest BCUT2D eigenvalue weighted by Crippen LogP contribution is -2.45. The Morgan fingerprint density at radius 2 is 2.07 bits per heavy atom. The van der Waals surface area contributed by atoms with E-state index in [9.17, 15) is 4.79 Å². The molecule has 3 heteroatoms. The molecule has 1 aliphatic rings. The van der Waals surface area contributed by atoms with Crippen molar-refractivity contribution in [3.8, 4) is 0 Å². The summed E-state index contributed by atoms with van der Waals surface area (Å²) in [5.74, 6) is 0.245. The summed E-state index contributed by atoms with van der Waals surface area (Å²) in [6, 6.07) is 0.697. The zero-order valence-electron chi connectivity index (χ0n) is 10.5. The van der Waals surface area contributed by atoms with Crippen molar-refractivity contribution < 1.29 is 4.79 Å². The minimum atomic E-state index is -0.0172. The molecule has 1 N–H and O–H groups in total. The van der Waals surface area contributed by atoms with Crippen molar-refractivity contribution in [3.63, 3.8) is 0 Å². The molecule has 15 heavy (non-hydrogen) atoms. The molecule has 88 valence electrons. The molecule has 0 aromatic carbocycles. The largest absolute Gasteiger partial charge is 0.341 e. The van der Waals surface area contributed by atoms with Crippen LogP contribution < -0.4 is 5.32 Å². The topological polar surface area (TPSA) is 32.3 Å². The molecule has 0 unspecified atom stereocenters. The van der Waals surface area contributed by atoms with Gasteiger partial charge in [0.05, 0.1) is 0 Å². The molecule has 0 saturated heterocycles. The van der Waals surface area contributed by atoms with Crippen molar-refractivity contribution in [2.75, 3.05) is 13.6 Å². The minimum Gasteiger partial charge on any atom is -0.341 e. The van der Waals surface area contributed by atoms with E-state index in [0.29, 0.717) is 12.5 Å². The molecule has 1 fully saturated rings. The molecular weight excluding hydrogens is 188 g/mol.